The van der Waals surface area contributed by atoms with Gasteiger partial charge in [0.25, 0.3) is 0 Å². The molecule has 1 aliphatic rings. The van der Waals surface area contributed by atoms with Gasteiger partial charge >= 0.3 is 0 Å². The van der Waals surface area contributed by atoms with Crippen molar-refractivity contribution in [2.45, 2.75) is 58.7 Å². The number of phenolic OH excluding ortho intramolecular Hbond substituents is 1. The first-order chi connectivity index (χ1) is 16.2. The Bertz CT molecular complexity index is 1250. The quantitative estimate of drug-likeness (QED) is 0.439. The standard InChI is InChI=1S/C25H29N5O2S2/c1-5-30-22(17-8-6-7-9-19(17)31)28-29-24(30)33-14-21(32)27-23-18(13-26)16-11-10-15(25(2,3)4)12-20(16)34-23/h6-9,15,31H,5,10-12,14H2,1-4H3,(H,27,32)/t15-/m1/s1. The molecule has 7 nitrogen and oxygen atoms in total. The van der Waals surface area contributed by atoms with Gasteiger partial charge in [0.05, 0.1) is 16.9 Å². The van der Waals surface area contributed by atoms with Crippen LogP contribution in [0.2, 0.25) is 0 Å². The lowest BCUT2D eigenvalue weighted by Gasteiger charge is -2.33. The molecule has 0 bridgehead atoms. The van der Waals surface area contributed by atoms with E-state index >= 15 is 0 Å². The number of carbonyl (C=O) groups is 1. The molecule has 2 heterocycles. The topological polar surface area (TPSA) is 104 Å². The second-order valence-corrected chi connectivity index (χ2v) is 11.6. The minimum atomic E-state index is -0.178. The number of thiophene rings is 1. The van der Waals surface area contributed by atoms with Crippen molar-refractivity contribution in [3.63, 3.8) is 0 Å². The van der Waals surface area contributed by atoms with Crippen LogP contribution in [0.3, 0.4) is 0 Å². The molecule has 3 aromatic rings. The predicted molar refractivity (Wildman–Crippen MR) is 136 cm³/mol. The maximum absolute atomic E-state index is 12.8. The number of phenols is 1. The monoisotopic (exact) mass is 495 g/mol. The Morgan fingerprint density at radius 3 is 2.79 bits per heavy atom. The van der Waals surface area contributed by atoms with Gasteiger partial charge in [-0.05, 0) is 55.2 Å². The molecular weight excluding hydrogens is 466 g/mol. The van der Waals surface area contributed by atoms with Crippen LogP contribution in [0.1, 0.15) is 50.1 Å². The number of hydrogen-bond donors (Lipinski definition) is 2. The number of nitrogens with zero attached hydrogens (tertiary/aromatic N) is 4. The van der Waals surface area contributed by atoms with Gasteiger partial charge in [0.1, 0.15) is 16.8 Å². The van der Waals surface area contributed by atoms with Crippen LogP contribution < -0.4 is 5.32 Å². The van der Waals surface area contributed by atoms with Gasteiger partial charge < -0.3 is 15.0 Å². The third-order valence-electron chi connectivity index (χ3n) is 6.37. The molecule has 4 rings (SSSR count). The van der Waals surface area contributed by atoms with Crippen LogP contribution in [-0.2, 0) is 24.2 Å². The van der Waals surface area contributed by atoms with Crippen molar-refractivity contribution in [3.05, 3.63) is 40.3 Å². The van der Waals surface area contributed by atoms with Crippen LogP contribution in [0, 0.1) is 22.7 Å². The average molecular weight is 496 g/mol. The lowest BCUT2D eigenvalue weighted by atomic mass is 9.72. The summed E-state index contributed by atoms with van der Waals surface area (Å²) in [6.45, 7) is 9.37. The van der Waals surface area contributed by atoms with E-state index in [2.05, 4.69) is 42.4 Å². The molecule has 0 saturated heterocycles. The fourth-order valence-corrected chi connectivity index (χ4v) is 6.46. The fraction of sp³-hybridized carbons (Fsp3) is 0.440. The minimum Gasteiger partial charge on any atom is -0.507 e. The molecule has 0 aliphatic heterocycles. The van der Waals surface area contributed by atoms with Crippen LogP contribution in [-0.4, -0.2) is 31.5 Å². The average Bonchev–Trinajstić information content (AvgIpc) is 3.36. The number of anilines is 1. The normalized spacial score (nSPS) is 15.6. The molecule has 0 unspecified atom stereocenters. The summed E-state index contributed by atoms with van der Waals surface area (Å²) in [5, 5.41) is 32.6. The number of thioether (sulfide) groups is 1. The Labute approximate surface area is 208 Å². The molecule has 0 fully saturated rings. The summed E-state index contributed by atoms with van der Waals surface area (Å²) in [7, 11) is 0. The maximum atomic E-state index is 12.8. The highest BCUT2D eigenvalue weighted by molar-refractivity contribution is 7.99. The van der Waals surface area contributed by atoms with Crippen LogP contribution in [0.25, 0.3) is 11.4 Å². The van der Waals surface area contributed by atoms with Crippen molar-refractivity contribution in [1.29, 1.82) is 5.26 Å². The zero-order valence-corrected chi connectivity index (χ0v) is 21.5. The van der Waals surface area contributed by atoms with Crippen molar-refractivity contribution in [3.8, 4) is 23.2 Å². The molecule has 1 aromatic carbocycles. The lowest BCUT2D eigenvalue weighted by Crippen LogP contribution is -2.26. The van der Waals surface area contributed by atoms with Gasteiger partial charge in [0.15, 0.2) is 11.0 Å². The molecule has 0 radical (unpaired) electrons. The van der Waals surface area contributed by atoms with Gasteiger partial charge in [-0.3, -0.25) is 4.79 Å². The van der Waals surface area contributed by atoms with Gasteiger partial charge in [-0.2, -0.15) is 5.26 Å². The zero-order valence-electron chi connectivity index (χ0n) is 19.9. The molecular formula is C25H29N5O2S2. The lowest BCUT2D eigenvalue weighted by molar-refractivity contribution is -0.113. The first-order valence-corrected chi connectivity index (χ1v) is 13.2. The zero-order chi connectivity index (χ0) is 24.5. The van der Waals surface area contributed by atoms with Crippen molar-refractivity contribution in [1.82, 2.24) is 14.8 Å². The highest BCUT2D eigenvalue weighted by atomic mass is 32.2. The number of para-hydroxylation sites is 1. The van der Waals surface area contributed by atoms with Crippen LogP contribution in [0.5, 0.6) is 5.75 Å². The largest absolute Gasteiger partial charge is 0.507 e. The molecule has 178 valence electrons. The number of nitrogens with one attached hydrogen (secondary N) is 1. The molecule has 1 atom stereocenters. The highest BCUT2D eigenvalue weighted by Gasteiger charge is 2.32. The Morgan fingerprint density at radius 1 is 1.35 bits per heavy atom. The summed E-state index contributed by atoms with van der Waals surface area (Å²) in [6, 6.07) is 9.31. The number of fused-ring (bicyclic) bond motifs is 1. The first kappa shape index (κ1) is 24.3. The van der Waals surface area contributed by atoms with Crippen LogP contribution in [0.4, 0.5) is 5.00 Å². The molecule has 9 heteroatoms. The fourth-order valence-electron chi connectivity index (χ4n) is 4.37. The molecule has 0 saturated carbocycles. The summed E-state index contributed by atoms with van der Waals surface area (Å²) < 4.78 is 1.88. The molecule has 0 spiro atoms. The van der Waals surface area contributed by atoms with E-state index in [-0.39, 0.29) is 22.8 Å². The van der Waals surface area contributed by atoms with Gasteiger partial charge in [0, 0.05) is 11.4 Å². The Kier molecular flexibility index (Phi) is 7.01. The van der Waals surface area contributed by atoms with Gasteiger partial charge in [0.2, 0.25) is 5.91 Å². The summed E-state index contributed by atoms with van der Waals surface area (Å²) in [6.07, 6.45) is 2.91. The molecule has 1 amide bonds. The molecule has 2 aromatic heterocycles. The first-order valence-electron chi connectivity index (χ1n) is 11.4. The predicted octanol–water partition coefficient (Wildman–Crippen LogP) is 5.49. The van der Waals surface area contributed by atoms with E-state index in [9.17, 15) is 15.2 Å². The maximum Gasteiger partial charge on any atom is 0.235 e. The SMILES string of the molecule is CCn1c(SCC(=O)Nc2sc3c(c2C#N)CC[C@@H](C(C)(C)C)C3)nnc1-c1ccccc1O. The number of amides is 1. The van der Waals surface area contributed by atoms with Crippen molar-refractivity contribution < 1.29 is 9.90 Å². The summed E-state index contributed by atoms with van der Waals surface area (Å²) in [5.41, 5.74) is 2.54. The van der Waals surface area contributed by atoms with E-state index < -0.39 is 0 Å². The molecule has 1 aliphatic carbocycles. The number of carbonyl (C=O) groups excluding carboxylic acids is 1. The third-order valence-corrected chi connectivity index (χ3v) is 8.50. The second-order valence-electron chi connectivity index (χ2n) is 9.53. The Hall–Kier alpha value is -2.83. The van der Waals surface area contributed by atoms with E-state index in [0.717, 1.165) is 24.8 Å². The van der Waals surface area contributed by atoms with E-state index in [1.54, 1.807) is 29.5 Å². The van der Waals surface area contributed by atoms with E-state index in [4.69, 9.17) is 0 Å². The number of aromatic hydroxyl groups is 1. The van der Waals surface area contributed by atoms with Crippen molar-refractivity contribution in [2.24, 2.45) is 11.3 Å². The number of rotatable bonds is 6. The molecule has 2 N–H and O–H groups in total. The van der Waals surface area contributed by atoms with Crippen LogP contribution in [0.15, 0.2) is 29.4 Å². The van der Waals surface area contributed by atoms with Gasteiger partial charge in [-0.25, -0.2) is 0 Å². The van der Waals surface area contributed by atoms with E-state index in [1.807, 2.05) is 17.6 Å². The Balaban J connectivity index is 1.46. The number of aromatic nitrogens is 3. The molecule has 34 heavy (non-hydrogen) atoms. The van der Waals surface area contributed by atoms with E-state index in [1.165, 1.54) is 16.6 Å². The van der Waals surface area contributed by atoms with E-state index in [0.29, 0.717) is 39.6 Å². The van der Waals surface area contributed by atoms with Gasteiger partial charge in [-0.15, -0.1) is 21.5 Å². The Morgan fingerprint density at radius 2 is 2.12 bits per heavy atom. The third kappa shape index (κ3) is 4.84. The highest BCUT2D eigenvalue weighted by Crippen LogP contribution is 2.44. The second kappa shape index (κ2) is 9.80. The van der Waals surface area contributed by atoms with Crippen LogP contribution >= 0.6 is 23.1 Å². The summed E-state index contributed by atoms with van der Waals surface area (Å²) in [5.74, 6) is 1.25. The summed E-state index contributed by atoms with van der Waals surface area (Å²) >= 11 is 2.83. The van der Waals surface area contributed by atoms with Crippen molar-refractivity contribution >= 4 is 34.0 Å². The minimum absolute atomic E-state index is 0.137. The smallest absolute Gasteiger partial charge is 0.235 e. The number of benzene rings is 1. The van der Waals surface area contributed by atoms with Gasteiger partial charge in [-0.1, -0.05) is 44.7 Å². The number of hydrogen-bond acceptors (Lipinski definition) is 7. The summed E-state index contributed by atoms with van der Waals surface area (Å²) in [4.78, 5) is 14.0. The van der Waals surface area contributed by atoms with Crippen molar-refractivity contribution in [2.75, 3.05) is 11.1 Å². The number of nitriles is 1.